The summed E-state index contributed by atoms with van der Waals surface area (Å²) in [6.07, 6.45) is 9.85. The zero-order valence-corrected chi connectivity index (χ0v) is 25.7. The predicted octanol–water partition coefficient (Wildman–Crippen LogP) is 10.4. The van der Waals surface area contributed by atoms with Crippen LogP contribution in [0, 0.1) is 6.92 Å². The molecule has 1 saturated carbocycles. The van der Waals surface area contributed by atoms with Crippen LogP contribution in [0.15, 0.2) is 71.3 Å². The van der Waals surface area contributed by atoms with Crippen LogP contribution in [0.25, 0.3) is 44.3 Å². The van der Waals surface area contributed by atoms with E-state index in [-0.39, 0.29) is 10.8 Å². The van der Waals surface area contributed by atoms with Gasteiger partial charge >= 0.3 is 0 Å². The van der Waals surface area contributed by atoms with Crippen molar-refractivity contribution in [1.29, 1.82) is 0 Å². The number of aromatic nitrogens is 1. The van der Waals surface area contributed by atoms with Gasteiger partial charge in [-0.2, -0.15) is 0 Å². The molecular formula is C39H44NO+. The zero-order chi connectivity index (χ0) is 29.4. The first kappa shape index (κ1) is 25.3. The largest absolute Gasteiger partial charge is 0.454 e. The van der Waals surface area contributed by atoms with Crippen molar-refractivity contribution in [3.05, 3.63) is 89.1 Å². The second-order valence-corrected chi connectivity index (χ2v) is 14.0. The number of fused-ring (bicyclic) bond motifs is 4. The summed E-state index contributed by atoms with van der Waals surface area (Å²) in [5, 5.41) is 2.31. The summed E-state index contributed by atoms with van der Waals surface area (Å²) in [6.45, 7) is 11.8. The molecule has 2 aromatic heterocycles. The van der Waals surface area contributed by atoms with Crippen LogP contribution in [0.3, 0.4) is 0 Å². The highest BCUT2D eigenvalue weighted by Gasteiger charge is 2.40. The van der Waals surface area contributed by atoms with Crippen molar-refractivity contribution >= 4 is 21.9 Å². The molecule has 210 valence electrons. The number of rotatable bonds is 3. The van der Waals surface area contributed by atoms with Crippen molar-refractivity contribution in [2.45, 2.75) is 96.3 Å². The van der Waals surface area contributed by atoms with E-state index in [1.54, 1.807) is 0 Å². The average molecular weight is 544 g/mol. The summed E-state index contributed by atoms with van der Waals surface area (Å²) in [5.41, 5.74) is 12.0. The molecule has 0 N–H and O–H groups in total. The SMILES string of the molecule is [2H]C1(c2cc(-c3cccc4c3oc3c(-c5cccc[n+]5C)c(C)ccc34)cc3c2C(C)(C)CCC3(C)C)CCCCC1. The topological polar surface area (TPSA) is 17.0 Å². The fourth-order valence-corrected chi connectivity index (χ4v) is 7.76. The fourth-order valence-electron chi connectivity index (χ4n) is 7.76. The number of nitrogens with zero attached hydrogens (tertiary/aromatic N) is 1. The van der Waals surface area contributed by atoms with E-state index in [1.165, 1.54) is 34.2 Å². The first-order valence-corrected chi connectivity index (χ1v) is 15.6. The van der Waals surface area contributed by atoms with Gasteiger partial charge in [0, 0.05) is 29.8 Å². The quantitative estimate of drug-likeness (QED) is 0.207. The summed E-state index contributed by atoms with van der Waals surface area (Å²) in [7, 11) is 2.10. The van der Waals surface area contributed by atoms with Gasteiger partial charge in [-0.3, -0.25) is 0 Å². The molecule has 2 aliphatic carbocycles. The second-order valence-electron chi connectivity index (χ2n) is 14.0. The van der Waals surface area contributed by atoms with Gasteiger partial charge in [0.15, 0.2) is 6.20 Å². The van der Waals surface area contributed by atoms with Gasteiger partial charge < -0.3 is 4.42 Å². The van der Waals surface area contributed by atoms with Gasteiger partial charge in [0.1, 0.15) is 18.2 Å². The number of para-hydroxylation sites is 1. The van der Waals surface area contributed by atoms with Gasteiger partial charge in [-0.25, -0.2) is 4.57 Å². The molecule has 7 rings (SSSR count). The van der Waals surface area contributed by atoms with Crippen LogP contribution < -0.4 is 4.57 Å². The molecule has 5 aromatic rings. The van der Waals surface area contributed by atoms with Crippen LogP contribution in [-0.2, 0) is 17.9 Å². The van der Waals surface area contributed by atoms with Crippen molar-refractivity contribution in [2.75, 3.05) is 0 Å². The smallest absolute Gasteiger partial charge is 0.216 e. The molecule has 2 nitrogen and oxygen atoms in total. The van der Waals surface area contributed by atoms with Crippen molar-refractivity contribution < 1.29 is 10.4 Å². The normalized spacial score (nSPS) is 19.7. The Labute approximate surface area is 246 Å². The summed E-state index contributed by atoms with van der Waals surface area (Å²) >= 11 is 0. The fraction of sp³-hybridized carbons (Fsp3) is 0.410. The third-order valence-electron chi connectivity index (χ3n) is 10.3. The molecule has 0 amide bonds. The molecule has 2 heterocycles. The van der Waals surface area contributed by atoms with E-state index < -0.39 is 5.89 Å². The van der Waals surface area contributed by atoms with Crippen LogP contribution in [0.2, 0.25) is 0 Å². The maximum atomic E-state index is 9.86. The standard InChI is InChI=1S/C39H44NO/c1-25-18-19-30-29-16-12-15-28(36(29)41-37(30)34(25)33-17-10-11-22-40(33)6)27-23-31(26-13-8-7-9-14-26)35-32(24-27)38(2,3)20-21-39(35,4)5/h10-12,15-19,22-24,26H,7-9,13-14,20-21H2,1-6H3/q+1/i26D. The molecule has 41 heavy (non-hydrogen) atoms. The lowest BCUT2D eigenvalue weighted by molar-refractivity contribution is -0.660. The summed E-state index contributed by atoms with van der Waals surface area (Å²) < 4.78 is 19.0. The molecule has 0 radical (unpaired) electrons. The monoisotopic (exact) mass is 543 g/mol. The van der Waals surface area contributed by atoms with Gasteiger partial charge in [-0.05, 0) is 83.2 Å². The van der Waals surface area contributed by atoms with Crippen molar-refractivity contribution in [3.63, 3.8) is 0 Å². The molecular weight excluding hydrogens is 498 g/mol. The second kappa shape index (κ2) is 9.58. The molecule has 0 spiro atoms. The maximum Gasteiger partial charge on any atom is 0.216 e. The van der Waals surface area contributed by atoms with Gasteiger partial charge in [0.2, 0.25) is 5.69 Å². The van der Waals surface area contributed by atoms with Crippen LogP contribution in [0.5, 0.6) is 0 Å². The Kier molecular flexibility index (Phi) is 5.92. The summed E-state index contributed by atoms with van der Waals surface area (Å²) in [5.74, 6) is -0.531. The van der Waals surface area contributed by atoms with Crippen molar-refractivity contribution in [2.24, 2.45) is 7.05 Å². The van der Waals surface area contributed by atoms with Crippen LogP contribution in [-0.4, -0.2) is 0 Å². The lowest BCUT2D eigenvalue weighted by Crippen LogP contribution is -2.35. The third-order valence-corrected chi connectivity index (χ3v) is 10.3. The first-order valence-electron chi connectivity index (χ1n) is 16.1. The highest BCUT2D eigenvalue weighted by Crippen LogP contribution is 2.52. The van der Waals surface area contributed by atoms with Gasteiger partial charge in [-0.1, -0.05) is 89.4 Å². The highest BCUT2D eigenvalue weighted by atomic mass is 16.3. The van der Waals surface area contributed by atoms with Crippen LogP contribution >= 0.6 is 0 Å². The van der Waals surface area contributed by atoms with E-state index in [9.17, 15) is 1.37 Å². The van der Waals surface area contributed by atoms with E-state index in [2.05, 4.69) is 113 Å². The Hall–Kier alpha value is -3.39. The minimum Gasteiger partial charge on any atom is -0.454 e. The Balaban J connectivity index is 1.53. The number of furan rings is 1. The van der Waals surface area contributed by atoms with Gasteiger partial charge in [0.05, 0.1) is 5.56 Å². The summed E-state index contributed by atoms with van der Waals surface area (Å²) in [4.78, 5) is 0. The average Bonchev–Trinajstić information content (AvgIpc) is 3.35. The van der Waals surface area contributed by atoms with E-state index in [1.807, 2.05) is 0 Å². The molecule has 0 aliphatic heterocycles. The van der Waals surface area contributed by atoms with E-state index >= 15 is 0 Å². The van der Waals surface area contributed by atoms with E-state index in [0.717, 1.165) is 77.3 Å². The predicted molar refractivity (Wildman–Crippen MR) is 172 cm³/mol. The molecule has 2 heteroatoms. The Morgan fingerprint density at radius 2 is 1.59 bits per heavy atom. The Morgan fingerprint density at radius 3 is 2.37 bits per heavy atom. The minimum absolute atomic E-state index is 0.0627. The van der Waals surface area contributed by atoms with Gasteiger partial charge in [0.25, 0.3) is 0 Å². The molecule has 0 unspecified atom stereocenters. The Bertz CT molecular complexity index is 1850. The number of hydrogen-bond donors (Lipinski definition) is 0. The third kappa shape index (κ3) is 4.25. The molecule has 0 atom stereocenters. The molecule has 0 bridgehead atoms. The number of pyridine rings is 1. The number of hydrogen-bond acceptors (Lipinski definition) is 1. The molecule has 2 aliphatic rings. The molecule has 1 fully saturated rings. The van der Waals surface area contributed by atoms with Crippen LogP contribution in [0.1, 0.15) is 102 Å². The van der Waals surface area contributed by atoms with Crippen molar-refractivity contribution in [3.8, 4) is 22.4 Å². The van der Waals surface area contributed by atoms with Crippen LogP contribution in [0.4, 0.5) is 0 Å². The molecule has 0 saturated heterocycles. The van der Waals surface area contributed by atoms with Crippen molar-refractivity contribution in [1.82, 2.24) is 0 Å². The number of benzene rings is 3. The zero-order valence-electron chi connectivity index (χ0n) is 26.7. The number of aryl methyl sites for hydroxylation is 2. The molecule has 3 aromatic carbocycles. The highest BCUT2D eigenvalue weighted by molar-refractivity contribution is 6.13. The minimum atomic E-state index is -0.531. The summed E-state index contributed by atoms with van der Waals surface area (Å²) in [6, 6.07) is 22.2. The van der Waals surface area contributed by atoms with E-state index in [0.29, 0.717) is 0 Å². The lowest BCUT2D eigenvalue weighted by Gasteiger charge is -2.45. The van der Waals surface area contributed by atoms with Gasteiger partial charge in [-0.15, -0.1) is 0 Å². The lowest BCUT2D eigenvalue weighted by atomic mass is 9.60. The van der Waals surface area contributed by atoms with E-state index in [4.69, 9.17) is 4.42 Å². The first-order chi connectivity index (χ1) is 20.0. The Morgan fingerprint density at radius 1 is 0.829 bits per heavy atom. The maximum absolute atomic E-state index is 9.86.